The number of carbonyl (C=O) groups is 1. The molecule has 0 radical (unpaired) electrons. The van der Waals surface area contributed by atoms with Crippen molar-refractivity contribution in [2.45, 2.75) is 19.9 Å². The Kier molecular flexibility index (Phi) is 5.69. The van der Waals surface area contributed by atoms with Crippen LogP contribution in [0.3, 0.4) is 0 Å². The molecule has 6 heteroatoms. The number of nitrogens with one attached hydrogen (secondary N) is 2. The number of anilines is 1. The first-order valence-corrected chi connectivity index (χ1v) is 9.01. The summed E-state index contributed by atoms with van der Waals surface area (Å²) in [5, 5.41) is 3.59. The van der Waals surface area contributed by atoms with E-state index in [1.165, 1.54) is 16.0 Å². The number of hydrogen-bond donors (Lipinski definition) is 2. The number of halogens is 1. The molecule has 0 spiro atoms. The van der Waals surface area contributed by atoms with Crippen LogP contribution in [-0.4, -0.2) is 33.2 Å². The Morgan fingerprint density at radius 2 is 1.85 bits per heavy atom. The zero-order valence-corrected chi connectivity index (χ0v) is 16.1. The van der Waals surface area contributed by atoms with Crippen LogP contribution in [0, 0.1) is 6.92 Å². The molecule has 1 unspecified atom stereocenters. The summed E-state index contributed by atoms with van der Waals surface area (Å²) in [6.45, 7) is 4.07. The second-order valence-corrected chi connectivity index (χ2v) is 7.02. The van der Waals surface area contributed by atoms with Gasteiger partial charge in [-0.05, 0) is 42.3 Å². The Morgan fingerprint density at radius 3 is 2.54 bits per heavy atom. The number of quaternary nitrogens is 1. The van der Waals surface area contributed by atoms with E-state index < -0.39 is 0 Å². The standard InChI is InChI=1S/C20H23ClN2O3/c1-13-4-5-16(21)10-17(13)22-20(24)12-23-7-6-14-8-18(25-2)19(26-3)9-15(14)11-23/h4-5,8-10H,6-7,11-12H2,1-3H3,(H,22,24)/p+1. The highest BCUT2D eigenvalue weighted by Crippen LogP contribution is 2.31. The monoisotopic (exact) mass is 375 g/mol. The maximum Gasteiger partial charge on any atom is 0.279 e. The van der Waals surface area contributed by atoms with Crippen LogP contribution in [0.1, 0.15) is 16.7 Å². The first-order valence-electron chi connectivity index (χ1n) is 8.63. The average molecular weight is 376 g/mol. The summed E-state index contributed by atoms with van der Waals surface area (Å²) in [5.41, 5.74) is 4.23. The molecule has 1 aliphatic rings. The lowest BCUT2D eigenvalue weighted by molar-refractivity contribution is -0.907. The van der Waals surface area contributed by atoms with E-state index in [9.17, 15) is 4.79 Å². The predicted molar refractivity (Wildman–Crippen MR) is 102 cm³/mol. The summed E-state index contributed by atoms with van der Waals surface area (Å²) in [4.78, 5) is 13.7. The van der Waals surface area contributed by atoms with E-state index in [2.05, 4.69) is 5.32 Å². The van der Waals surface area contributed by atoms with Crippen LogP contribution in [0.5, 0.6) is 11.5 Å². The molecule has 2 N–H and O–H groups in total. The van der Waals surface area contributed by atoms with E-state index >= 15 is 0 Å². The van der Waals surface area contributed by atoms with Crippen molar-refractivity contribution in [1.29, 1.82) is 0 Å². The summed E-state index contributed by atoms with van der Waals surface area (Å²) in [5.74, 6) is 1.48. The Balaban J connectivity index is 1.67. The van der Waals surface area contributed by atoms with Crippen molar-refractivity contribution >= 4 is 23.2 Å². The molecule has 1 atom stereocenters. The number of fused-ring (bicyclic) bond motifs is 1. The zero-order chi connectivity index (χ0) is 18.7. The quantitative estimate of drug-likeness (QED) is 0.842. The smallest absolute Gasteiger partial charge is 0.279 e. The van der Waals surface area contributed by atoms with Crippen molar-refractivity contribution in [3.05, 3.63) is 52.0 Å². The first-order chi connectivity index (χ1) is 12.5. The van der Waals surface area contributed by atoms with Crippen molar-refractivity contribution in [2.75, 3.05) is 32.6 Å². The summed E-state index contributed by atoms with van der Waals surface area (Å²) in [6.07, 6.45) is 0.911. The summed E-state index contributed by atoms with van der Waals surface area (Å²) >= 11 is 6.02. The molecule has 3 rings (SSSR count). The fourth-order valence-corrected chi connectivity index (χ4v) is 3.50. The molecule has 0 saturated carbocycles. The maximum absolute atomic E-state index is 12.5. The van der Waals surface area contributed by atoms with Crippen molar-refractivity contribution in [1.82, 2.24) is 0 Å². The van der Waals surface area contributed by atoms with Crippen LogP contribution < -0.4 is 19.7 Å². The van der Waals surface area contributed by atoms with Gasteiger partial charge in [0.25, 0.3) is 5.91 Å². The van der Waals surface area contributed by atoms with Crippen LogP contribution in [0.15, 0.2) is 30.3 Å². The third-order valence-corrected chi connectivity index (χ3v) is 5.01. The Morgan fingerprint density at radius 1 is 1.15 bits per heavy atom. The highest BCUT2D eigenvalue weighted by Gasteiger charge is 2.24. The first kappa shape index (κ1) is 18.5. The third-order valence-electron chi connectivity index (χ3n) is 4.78. The molecule has 0 aliphatic carbocycles. The molecule has 26 heavy (non-hydrogen) atoms. The molecule has 1 heterocycles. The molecule has 2 aromatic rings. The minimum absolute atomic E-state index is 0.00528. The minimum atomic E-state index is -0.00528. The zero-order valence-electron chi connectivity index (χ0n) is 15.3. The van der Waals surface area contributed by atoms with Crippen LogP contribution in [0.25, 0.3) is 0 Å². The molecular weight excluding hydrogens is 352 g/mol. The fraction of sp³-hybridized carbons (Fsp3) is 0.350. The molecule has 2 aromatic carbocycles. The topological polar surface area (TPSA) is 52.0 Å². The van der Waals surface area contributed by atoms with Gasteiger partial charge in [-0.25, -0.2) is 0 Å². The highest BCUT2D eigenvalue weighted by molar-refractivity contribution is 6.31. The van der Waals surface area contributed by atoms with Gasteiger partial charge in [-0.3, -0.25) is 4.79 Å². The van der Waals surface area contributed by atoms with Crippen molar-refractivity contribution in [3.63, 3.8) is 0 Å². The van der Waals surface area contributed by atoms with E-state index in [1.807, 2.05) is 31.2 Å². The normalized spacial score (nSPS) is 15.9. The van der Waals surface area contributed by atoms with Gasteiger partial charge in [-0.15, -0.1) is 0 Å². The highest BCUT2D eigenvalue weighted by atomic mass is 35.5. The largest absolute Gasteiger partial charge is 0.493 e. The second-order valence-electron chi connectivity index (χ2n) is 6.59. The molecular formula is C20H24ClN2O3+. The lowest BCUT2D eigenvalue weighted by Gasteiger charge is -2.26. The fourth-order valence-electron chi connectivity index (χ4n) is 3.33. The molecule has 0 saturated heterocycles. The molecule has 1 aliphatic heterocycles. The number of aryl methyl sites for hydroxylation is 1. The summed E-state index contributed by atoms with van der Waals surface area (Å²) < 4.78 is 10.8. The van der Waals surface area contributed by atoms with E-state index in [4.69, 9.17) is 21.1 Å². The van der Waals surface area contributed by atoms with Gasteiger partial charge >= 0.3 is 0 Å². The lowest BCUT2D eigenvalue weighted by atomic mass is 9.99. The van der Waals surface area contributed by atoms with E-state index in [0.717, 1.165) is 42.3 Å². The van der Waals surface area contributed by atoms with E-state index in [1.54, 1.807) is 20.3 Å². The van der Waals surface area contributed by atoms with E-state index in [0.29, 0.717) is 11.6 Å². The minimum Gasteiger partial charge on any atom is -0.493 e. The SMILES string of the molecule is COc1cc2c(cc1OC)C[NH+](CC(=O)Nc1cc(Cl)ccc1C)CC2. The number of benzene rings is 2. The second kappa shape index (κ2) is 7.98. The third kappa shape index (κ3) is 4.11. The summed E-state index contributed by atoms with van der Waals surface area (Å²) in [6, 6.07) is 9.57. The number of ether oxygens (including phenoxy) is 2. The van der Waals surface area contributed by atoms with Gasteiger partial charge in [0, 0.05) is 22.7 Å². The van der Waals surface area contributed by atoms with Crippen molar-refractivity contribution in [2.24, 2.45) is 0 Å². The van der Waals surface area contributed by atoms with Gasteiger partial charge in [0.2, 0.25) is 0 Å². The lowest BCUT2D eigenvalue weighted by Crippen LogP contribution is -3.12. The van der Waals surface area contributed by atoms with Crippen molar-refractivity contribution in [3.8, 4) is 11.5 Å². The Hall–Kier alpha value is -2.24. The molecule has 1 amide bonds. The number of rotatable bonds is 5. The van der Waals surface area contributed by atoms with Gasteiger partial charge in [-0.2, -0.15) is 0 Å². The Bertz CT molecular complexity index is 823. The molecule has 0 fully saturated rings. The van der Waals surface area contributed by atoms with Gasteiger partial charge in [-0.1, -0.05) is 17.7 Å². The molecule has 0 aromatic heterocycles. The van der Waals surface area contributed by atoms with Crippen LogP contribution in [-0.2, 0) is 17.8 Å². The number of hydrogen-bond acceptors (Lipinski definition) is 3. The number of amides is 1. The maximum atomic E-state index is 12.5. The Labute approximate surface area is 158 Å². The number of carbonyl (C=O) groups excluding carboxylic acids is 1. The summed E-state index contributed by atoms with van der Waals surface area (Å²) in [7, 11) is 3.28. The molecule has 138 valence electrons. The van der Waals surface area contributed by atoms with Gasteiger partial charge in [0.1, 0.15) is 6.54 Å². The average Bonchev–Trinajstić information content (AvgIpc) is 2.63. The van der Waals surface area contributed by atoms with Crippen molar-refractivity contribution < 1.29 is 19.2 Å². The van der Waals surface area contributed by atoms with E-state index in [-0.39, 0.29) is 5.91 Å². The van der Waals surface area contributed by atoms with Crippen LogP contribution in [0.4, 0.5) is 5.69 Å². The van der Waals surface area contributed by atoms with Crippen LogP contribution >= 0.6 is 11.6 Å². The molecule has 0 bridgehead atoms. The molecule has 5 nitrogen and oxygen atoms in total. The van der Waals surface area contributed by atoms with Gasteiger partial charge in [0.05, 0.1) is 20.8 Å². The van der Waals surface area contributed by atoms with Crippen LogP contribution in [0.2, 0.25) is 5.02 Å². The van der Waals surface area contributed by atoms with Gasteiger partial charge in [0.15, 0.2) is 18.0 Å². The predicted octanol–water partition coefficient (Wildman–Crippen LogP) is 2.25. The van der Waals surface area contributed by atoms with Gasteiger partial charge < -0.3 is 19.7 Å². The number of methoxy groups -OCH3 is 2.